The van der Waals surface area contributed by atoms with Crippen LogP contribution in [0.25, 0.3) is 11.2 Å². The third-order valence-electron chi connectivity index (χ3n) is 7.73. The van der Waals surface area contributed by atoms with Gasteiger partial charge in [0.25, 0.3) is 5.91 Å². The standard InChI is InChI=1S/C35H44N8O4/c1-23(2)21-28(41-29(44)18-16-26-13-8-5-9-14-26)34(46)42-27(17-15-25-11-6-4-7-12-25)31(45)35(47)37-19-10-20-43-22-38-30-32(36)39-24(3)40-33(30)43/h4-9,11-14,22-23,27-28H,10,15-21H2,1-3H3,(H,37,47)(H,41,44)(H,42,46)(H2,36,39,40)/t27?,28-/m0/s1. The van der Waals surface area contributed by atoms with E-state index in [0.717, 1.165) is 11.1 Å². The van der Waals surface area contributed by atoms with E-state index in [-0.39, 0.29) is 31.2 Å². The van der Waals surface area contributed by atoms with E-state index in [1.54, 1.807) is 13.3 Å². The number of hydrogen-bond acceptors (Lipinski definition) is 8. The molecule has 0 aliphatic heterocycles. The zero-order valence-electron chi connectivity index (χ0n) is 27.2. The lowest BCUT2D eigenvalue weighted by Gasteiger charge is -2.24. The lowest BCUT2D eigenvalue weighted by atomic mass is 9.99. The number of imidazole rings is 1. The second kappa shape index (κ2) is 17.0. The van der Waals surface area contributed by atoms with E-state index in [1.807, 2.05) is 79.1 Å². The molecule has 0 aliphatic rings. The Morgan fingerprint density at radius 1 is 0.872 bits per heavy atom. The molecular formula is C35H44N8O4. The highest BCUT2D eigenvalue weighted by Gasteiger charge is 2.30. The van der Waals surface area contributed by atoms with Gasteiger partial charge >= 0.3 is 0 Å². The molecule has 2 heterocycles. The van der Waals surface area contributed by atoms with Gasteiger partial charge in [-0.15, -0.1) is 0 Å². The van der Waals surface area contributed by atoms with Crippen LogP contribution in [0.1, 0.15) is 56.5 Å². The number of hydrogen-bond donors (Lipinski definition) is 4. The molecule has 0 radical (unpaired) electrons. The molecule has 0 aliphatic carbocycles. The van der Waals surface area contributed by atoms with Crippen molar-refractivity contribution in [2.75, 3.05) is 12.3 Å². The molecule has 2 aromatic carbocycles. The van der Waals surface area contributed by atoms with Gasteiger partial charge in [-0.25, -0.2) is 15.0 Å². The van der Waals surface area contributed by atoms with Crippen molar-refractivity contribution in [1.29, 1.82) is 0 Å². The Labute approximate surface area is 275 Å². The highest BCUT2D eigenvalue weighted by molar-refractivity contribution is 6.38. The number of aromatic nitrogens is 4. The molecule has 0 saturated heterocycles. The molecule has 0 fully saturated rings. The smallest absolute Gasteiger partial charge is 0.289 e. The van der Waals surface area contributed by atoms with Crippen molar-refractivity contribution in [2.45, 2.75) is 77.9 Å². The summed E-state index contributed by atoms with van der Waals surface area (Å²) in [7, 11) is 0. The Bertz CT molecular complexity index is 1660. The number of nitrogens with two attached hydrogens (primary N) is 1. The third kappa shape index (κ3) is 10.5. The fourth-order valence-electron chi connectivity index (χ4n) is 5.31. The van der Waals surface area contributed by atoms with Crippen molar-refractivity contribution < 1.29 is 19.2 Å². The second-order valence-corrected chi connectivity index (χ2v) is 12.1. The highest BCUT2D eigenvalue weighted by atomic mass is 16.2. The van der Waals surface area contributed by atoms with Gasteiger partial charge in [0.05, 0.1) is 12.4 Å². The zero-order chi connectivity index (χ0) is 33.8. The van der Waals surface area contributed by atoms with Gasteiger partial charge in [0.1, 0.15) is 17.4 Å². The maximum Gasteiger partial charge on any atom is 0.289 e. The van der Waals surface area contributed by atoms with Crippen LogP contribution in [0.5, 0.6) is 0 Å². The summed E-state index contributed by atoms with van der Waals surface area (Å²) in [6.07, 6.45) is 3.96. The number of fused-ring (bicyclic) bond motifs is 1. The number of carbonyl (C=O) groups excluding carboxylic acids is 4. The molecule has 4 rings (SSSR count). The van der Waals surface area contributed by atoms with E-state index >= 15 is 0 Å². The molecule has 0 bridgehead atoms. The summed E-state index contributed by atoms with van der Waals surface area (Å²) in [6, 6.07) is 17.3. The van der Waals surface area contributed by atoms with E-state index in [1.165, 1.54) is 0 Å². The van der Waals surface area contributed by atoms with E-state index in [4.69, 9.17) is 5.73 Å². The molecule has 248 valence electrons. The minimum Gasteiger partial charge on any atom is -0.382 e. The number of nitrogens with zero attached hydrogens (tertiary/aromatic N) is 4. The van der Waals surface area contributed by atoms with Gasteiger partial charge in [-0.1, -0.05) is 74.5 Å². The molecule has 0 saturated carbocycles. The summed E-state index contributed by atoms with van der Waals surface area (Å²) in [5.74, 6) is -1.34. The van der Waals surface area contributed by atoms with Crippen LogP contribution in [0.2, 0.25) is 0 Å². The van der Waals surface area contributed by atoms with E-state index in [2.05, 4.69) is 30.9 Å². The van der Waals surface area contributed by atoms with E-state index in [0.29, 0.717) is 55.0 Å². The fourth-order valence-corrected chi connectivity index (χ4v) is 5.31. The molecule has 3 amide bonds. The van der Waals surface area contributed by atoms with Crippen LogP contribution in [0.4, 0.5) is 5.82 Å². The van der Waals surface area contributed by atoms with Crippen LogP contribution in [0.15, 0.2) is 67.0 Å². The third-order valence-corrected chi connectivity index (χ3v) is 7.73. The molecule has 2 aromatic heterocycles. The molecule has 5 N–H and O–H groups in total. The number of nitrogen functional groups attached to an aromatic ring is 1. The number of anilines is 1. The van der Waals surface area contributed by atoms with E-state index < -0.39 is 29.7 Å². The van der Waals surface area contributed by atoms with Gasteiger partial charge in [0.2, 0.25) is 17.6 Å². The summed E-state index contributed by atoms with van der Waals surface area (Å²) in [6.45, 7) is 6.36. The average Bonchev–Trinajstić information content (AvgIpc) is 3.46. The quantitative estimate of drug-likeness (QED) is 0.101. The maximum atomic E-state index is 13.5. The first-order valence-electron chi connectivity index (χ1n) is 16.0. The van der Waals surface area contributed by atoms with Crippen LogP contribution >= 0.6 is 0 Å². The molecule has 0 spiro atoms. The molecule has 2 atom stereocenters. The summed E-state index contributed by atoms with van der Waals surface area (Å²) in [5.41, 5.74) is 9.06. The van der Waals surface area contributed by atoms with Crippen LogP contribution < -0.4 is 21.7 Å². The monoisotopic (exact) mass is 640 g/mol. The Kier molecular flexibility index (Phi) is 12.5. The Balaban J connectivity index is 1.37. The first kappa shape index (κ1) is 34.7. The van der Waals surface area contributed by atoms with E-state index in [9.17, 15) is 19.2 Å². The minimum absolute atomic E-state index is 0.0985. The number of carbonyl (C=O) groups is 4. The number of nitrogens with one attached hydrogen (secondary N) is 3. The topological polar surface area (TPSA) is 174 Å². The van der Waals surface area contributed by atoms with Crippen molar-refractivity contribution in [2.24, 2.45) is 5.92 Å². The van der Waals surface area contributed by atoms with Crippen LogP contribution in [0.3, 0.4) is 0 Å². The average molecular weight is 641 g/mol. The maximum absolute atomic E-state index is 13.5. The predicted molar refractivity (Wildman–Crippen MR) is 180 cm³/mol. The SMILES string of the molecule is Cc1nc(N)c2ncn(CCCNC(=O)C(=O)C(CCc3ccccc3)NC(=O)[C@H](CC(C)C)NC(=O)CCc3ccccc3)c2n1. The number of Topliss-reactive ketones (excluding diaryl/α,β-unsaturated/α-hetero) is 1. The molecule has 4 aromatic rings. The van der Waals surface area contributed by atoms with Gasteiger partial charge in [0.15, 0.2) is 11.5 Å². The molecule has 12 nitrogen and oxygen atoms in total. The number of amides is 3. The summed E-state index contributed by atoms with van der Waals surface area (Å²) >= 11 is 0. The van der Waals surface area contributed by atoms with Crippen LogP contribution in [-0.2, 0) is 38.6 Å². The van der Waals surface area contributed by atoms with Crippen molar-refractivity contribution in [3.63, 3.8) is 0 Å². The van der Waals surface area contributed by atoms with Gasteiger partial charge in [-0.2, -0.15) is 0 Å². The Hall–Kier alpha value is -5.13. The van der Waals surface area contributed by atoms with Crippen molar-refractivity contribution >= 4 is 40.5 Å². The highest BCUT2D eigenvalue weighted by Crippen LogP contribution is 2.16. The molecule has 12 heteroatoms. The second-order valence-electron chi connectivity index (χ2n) is 12.1. The summed E-state index contributed by atoms with van der Waals surface area (Å²) < 4.78 is 1.82. The van der Waals surface area contributed by atoms with Crippen molar-refractivity contribution in [1.82, 2.24) is 35.5 Å². The van der Waals surface area contributed by atoms with Crippen molar-refractivity contribution in [3.8, 4) is 0 Å². The summed E-state index contributed by atoms with van der Waals surface area (Å²) in [5, 5.41) is 8.34. The van der Waals surface area contributed by atoms with Gasteiger partial charge < -0.3 is 26.3 Å². The first-order chi connectivity index (χ1) is 22.6. The zero-order valence-corrected chi connectivity index (χ0v) is 27.2. The Morgan fingerprint density at radius 3 is 2.19 bits per heavy atom. The van der Waals surface area contributed by atoms with Gasteiger partial charge in [-0.05, 0) is 56.1 Å². The molecular weight excluding hydrogens is 596 g/mol. The Morgan fingerprint density at radius 2 is 1.53 bits per heavy atom. The lowest BCUT2D eigenvalue weighted by Crippen LogP contribution is -2.54. The van der Waals surface area contributed by atoms with Crippen molar-refractivity contribution in [3.05, 3.63) is 83.9 Å². The summed E-state index contributed by atoms with van der Waals surface area (Å²) in [4.78, 5) is 65.7. The van der Waals surface area contributed by atoms with Gasteiger partial charge in [-0.3, -0.25) is 19.2 Å². The predicted octanol–water partition coefficient (Wildman–Crippen LogP) is 3.07. The normalized spacial score (nSPS) is 12.4. The number of rotatable bonds is 17. The number of aryl methyl sites for hydroxylation is 4. The minimum atomic E-state index is -1.07. The fraction of sp³-hybridized carbons (Fsp3) is 0.400. The van der Waals surface area contributed by atoms with Crippen LogP contribution in [0, 0.1) is 12.8 Å². The lowest BCUT2D eigenvalue weighted by molar-refractivity contribution is -0.140. The first-order valence-corrected chi connectivity index (χ1v) is 16.0. The molecule has 47 heavy (non-hydrogen) atoms. The number of ketones is 1. The van der Waals surface area contributed by atoms with Gasteiger partial charge in [0, 0.05) is 19.5 Å². The molecule has 1 unspecified atom stereocenters. The largest absolute Gasteiger partial charge is 0.382 e. The number of benzene rings is 2. The van der Waals surface area contributed by atoms with Crippen LogP contribution in [-0.4, -0.2) is 61.7 Å².